The third-order valence-corrected chi connectivity index (χ3v) is 4.98. The quantitative estimate of drug-likeness (QED) is 0.734. The Kier molecular flexibility index (Phi) is 5.71. The zero-order valence-electron chi connectivity index (χ0n) is 15.4. The van der Waals surface area contributed by atoms with E-state index in [1.54, 1.807) is 42.0 Å². The van der Waals surface area contributed by atoms with Crippen molar-refractivity contribution in [1.82, 2.24) is 9.88 Å². The predicted octanol–water partition coefficient (Wildman–Crippen LogP) is 3.38. The second-order valence-corrected chi connectivity index (χ2v) is 7.50. The lowest BCUT2D eigenvalue weighted by Crippen LogP contribution is -2.34. The lowest BCUT2D eigenvalue weighted by atomic mass is 10.1. The van der Waals surface area contributed by atoms with Crippen LogP contribution in [0.4, 0.5) is 0 Å². The topological polar surface area (TPSA) is 76.6 Å². The first-order valence-electron chi connectivity index (χ1n) is 8.58. The fourth-order valence-corrected chi connectivity index (χ4v) is 3.52. The lowest BCUT2D eigenvalue weighted by molar-refractivity contribution is -0.124. The summed E-state index contributed by atoms with van der Waals surface area (Å²) < 4.78 is 6.95. The van der Waals surface area contributed by atoms with Crippen LogP contribution in [-0.2, 0) is 11.3 Å². The average Bonchev–Trinajstić information content (AvgIpc) is 3.28. The van der Waals surface area contributed by atoms with E-state index in [2.05, 4.69) is 10.3 Å². The Morgan fingerprint density at radius 3 is 2.78 bits per heavy atom. The van der Waals surface area contributed by atoms with E-state index in [-0.39, 0.29) is 11.8 Å². The van der Waals surface area contributed by atoms with Gasteiger partial charge < -0.3 is 14.3 Å². The maximum Gasteiger partial charge on any atom is 0.279 e. The maximum absolute atomic E-state index is 12.5. The molecule has 0 aliphatic rings. The summed E-state index contributed by atoms with van der Waals surface area (Å²) in [5, 5.41) is 2.84. The fraction of sp³-hybridized carbons (Fsp3) is 0.250. The van der Waals surface area contributed by atoms with Crippen molar-refractivity contribution in [3.8, 4) is 0 Å². The van der Waals surface area contributed by atoms with Crippen molar-refractivity contribution < 1.29 is 14.0 Å². The highest BCUT2D eigenvalue weighted by Crippen LogP contribution is 2.11. The molecule has 0 unspecified atom stereocenters. The van der Waals surface area contributed by atoms with Crippen LogP contribution in [0.5, 0.6) is 0 Å². The third-order valence-electron chi connectivity index (χ3n) is 4.07. The Labute approximate surface area is 161 Å². The Bertz CT molecular complexity index is 1020. The molecule has 1 atom stereocenters. The van der Waals surface area contributed by atoms with Crippen LogP contribution in [0.15, 0.2) is 58.3 Å². The van der Waals surface area contributed by atoms with Crippen LogP contribution in [0.3, 0.4) is 0 Å². The van der Waals surface area contributed by atoms with E-state index >= 15 is 0 Å². The van der Waals surface area contributed by atoms with E-state index in [0.29, 0.717) is 22.7 Å². The summed E-state index contributed by atoms with van der Waals surface area (Å²) in [6, 6.07) is 10.4. The van der Waals surface area contributed by atoms with Crippen LogP contribution < -0.4 is 10.1 Å². The van der Waals surface area contributed by atoms with Gasteiger partial charge in [0.2, 0.25) is 5.91 Å². The first kappa shape index (κ1) is 18.8. The molecule has 7 heteroatoms. The molecule has 0 aliphatic heterocycles. The van der Waals surface area contributed by atoms with Crippen molar-refractivity contribution >= 4 is 23.2 Å². The summed E-state index contributed by atoms with van der Waals surface area (Å²) >= 11 is 1.38. The van der Waals surface area contributed by atoms with Gasteiger partial charge in [-0.25, -0.2) is 0 Å². The molecule has 2 amide bonds. The average molecular weight is 383 g/mol. The maximum atomic E-state index is 12.5. The summed E-state index contributed by atoms with van der Waals surface area (Å²) in [6.45, 7) is 5.94. The number of carbonyl (C=O) groups is 2. The van der Waals surface area contributed by atoms with Crippen LogP contribution >= 0.6 is 11.3 Å². The van der Waals surface area contributed by atoms with Crippen LogP contribution in [0.25, 0.3) is 0 Å². The number of rotatable bonds is 5. The van der Waals surface area contributed by atoms with E-state index in [0.717, 1.165) is 10.4 Å². The number of amides is 2. The number of hydrogen-bond acceptors (Lipinski definition) is 4. The van der Waals surface area contributed by atoms with Gasteiger partial charge in [-0.15, -0.1) is 11.3 Å². The smallest absolute Gasteiger partial charge is 0.279 e. The van der Waals surface area contributed by atoms with Crippen LogP contribution in [0, 0.1) is 13.8 Å². The Balaban J connectivity index is 1.82. The Morgan fingerprint density at radius 1 is 1.26 bits per heavy atom. The minimum Gasteiger partial charge on any atom is -0.467 e. The van der Waals surface area contributed by atoms with E-state index < -0.39 is 6.04 Å². The second-order valence-electron chi connectivity index (χ2n) is 6.29. The van der Waals surface area contributed by atoms with Crippen LogP contribution in [0.2, 0.25) is 0 Å². The van der Waals surface area contributed by atoms with Gasteiger partial charge in [0.1, 0.15) is 11.8 Å². The van der Waals surface area contributed by atoms with E-state index in [4.69, 9.17) is 4.42 Å². The summed E-state index contributed by atoms with van der Waals surface area (Å²) in [5.74, 6) is 0.188. The zero-order valence-corrected chi connectivity index (χ0v) is 16.2. The number of nitrogens with one attached hydrogen (secondary N) is 1. The number of carbonyl (C=O) groups excluding carboxylic acids is 2. The number of aryl methyl sites for hydroxylation is 2. The lowest BCUT2D eigenvalue weighted by Gasteiger charge is -2.13. The van der Waals surface area contributed by atoms with Gasteiger partial charge in [-0.3, -0.25) is 9.59 Å². The number of aromatic nitrogens is 1. The van der Waals surface area contributed by atoms with Crippen LogP contribution in [-0.4, -0.2) is 16.4 Å². The summed E-state index contributed by atoms with van der Waals surface area (Å²) in [5.41, 5.74) is 1.53. The number of furan rings is 1. The van der Waals surface area contributed by atoms with Crippen molar-refractivity contribution in [3.05, 3.63) is 75.4 Å². The van der Waals surface area contributed by atoms with Crippen molar-refractivity contribution in [2.75, 3.05) is 0 Å². The molecule has 3 rings (SSSR count). The van der Waals surface area contributed by atoms with E-state index in [1.807, 2.05) is 32.2 Å². The van der Waals surface area contributed by atoms with Gasteiger partial charge in [0, 0.05) is 16.6 Å². The molecule has 27 heavy (non-hydrogen) atoms. The normalized spacial score (nSPS) is 12.8. The molecule has 1 aromatic carbocycles. The third kappa shape index (κ3) is 4.62. The molecule has 0 radical (unpaired) electrons. The standard InChI is InChI=1S/C20H21N3O3S/c1-13-6-4-7-16(10-13)19(25)22-20-23(12-14(2)27-20)15(3)18(24)21-11-17-8-5-9-26-17/h4-10,12,15H,11H2,1-3H3,(H,21,24)/t15-/m1/s1. The highest BCUT2D eigenvalue weighted by molar-refractivity contribution is 7.09. The molecule has 6 nitrogen and oxygen atoms in total. The molecule has 0 saturated carbocycles. The van der Waals surface area contributed by atoms with Gasteiger partial charge >= 0.3 is 0 Å². The van der Waals surface area contributed by atoms with Gasteiger partial charge in [-0.05, 0) is 45.0 Å². The SMILES string of the molecule is Cc1cccc(C(=O)N=c2sc(C)cn2[C@H](C)C(=O)NCc2ccco2)c1. The molecule has 0 spiro atoms. The van der Waals surface area contributed by atoms with Crippen molar-refractivity contribution in [1.29, 1.82) is 0 Å². The highest BCUT2D eigenvalue weighted by Gasteiger charge is 2.17. The summed E-state index contributed by atoms with van der Waals surface area (Å²) in [6.07, 6.45) is 3.40. The molecule has 2 heterocycles. The van der Waals surface area contributed by atoms with Crippen molar-refractivity contribution in [2.45, 2.75) is 33.4 Å². The molecule has 1 N–H and O–H groups in total. The zero-order chi connectivity index (χ0) is 19.4. The van der Waals surface area contributed by atoms with Crippen LogP contribution in [0.1, 0.15) is 39.5 Å². The van der Waals surface area contributed by atoms with Gasteiger partial charge in [-0.1, -0.05) is 17.7 Å². The fourth-order valence-electron chi connectivity index (χ4n) is 2.62. The minimum absolute atomic E-state index is 0.173. The highest BCUT2D eigenvalue weighted by atomic mass is 32.1. The molecule has 0 bridgehead atoms. The Hall–Kier alpha value is -2.93. The summed E-state index contributed by atoms with van der Waals surface area (Å²) in [4.78, 5) is 30.7. The molecule has 2 aromatic heterocycles. The van der Waals surface area contributed by atoms with Crippen molar-refractivity contribution in [2.24, 2.45) is 4.99 Å². The van der Waals surface area contributed by atoms with E-state index in [9.17, 15) is 9.59 Å². The van der Waals surface area contributed by atoms with Crippen molar-refractivity contribution in [3.63, 3.8) is 0 Å². The monoisotopic (exact) mass is 383 g/mol. The number of nitrogens with zero attached hydrogens (tertiary/aromatic N) is 2. The molecule has 3 aromatic rings. The van der Waals surface area contributed by atoms with Gasteiger partial charge in [0.05, 0.1) is 12.8 Å². The minimum atomic E-state index is -0.506. The number of thiazole rings is 1. The molecule has 140 valence electrons. The first-order valence-corrected chi connectivity index (χ1v) is 9.40. The Morgan fingerprint density at radius 2 is 2.07 bits per heavy atom. The van der Waals surface area contributed by atoms with Gasteiger partial charge in [0.25, 0.3) is 5.91 Å². The molecular weight excluding hydrogens is 362 g/mol. The van der Waals surface area contributed by atoms with Gasteiger partial charge in [0.15, 0.2) is 4.80 Å². The number of benzene rings is 1. The first-order chi connectivity index (χ1) is 12.9. The molecule has 0 saturated heterocycles. The summed E-state index contributed by atoms with van der Waals surface area (Å²) in [7, 11) is 0. The predicted molar refractivity (Wildman–Crippen MR) is 103 cm³/mol. The van der Waals surface area contributed by atoms with Gasteiger partial charge in [-0.2, -0.15) is 4.99 Å². The van der Waals surface area contributed by atoms with E-state index in [1.165, 1.54) is 11.3 Å². The number of hydrogen-bond donors (Lipinski definition) is 1. The largest absolute Gasteiger partial charge is 0.467 e. The molecular formula is C20H21N3O3S. The molecule has 0 fully saturated rings. The second kappa shape index (κ2) is 8.18. The molecule has 0 aliphatic carbocycles.